The van der Waals surface area contributed by atoms with E-state index in [0.29, 0.717) is 11.0 Å². The van der Waals surface area contributed by atoms with E-state index in [0.717, 1.165) is 12.1 Å². The molecule has 0 fully saturated rings. The fourth-order valence-corrected chi connectivity index (χ4v) is 2.08. The van der Waals surface area contributed by atoms with Crippen LogP contribution in [-0.4, -0.2) is 28.2 Å². The maximum atomic E-state index is 13.9. The van der Waals surface area contributed by atoms with Gasteiger partial charge in [0.1, 0.15) is 11.4 Å². The van der Waals surface area contributed by atoms with E-state index < -0.39 is 23.1 Å². The highest BCUT2D eigenvalue weighted by Gasteiger charge is 2.20. The average molecular weight is 319 g/mol. The number of hydrogen-bond acceptors (Lipinski definition) is 5. The van der Waals surface area contributed by atoms with Gasteiger partial charge in [0, 0.05) is 0 Å². The summed E-state index contributed by atoms with van der Waals surface area (Å²) >= 11 is 0. The van der Waals surface area contributed by atoms with Crippen LogP contribution < -0.4 is 15.8 Å². The highest BCUT2D eigenvalue weighted by molar-refractivity contribution is 6.05. The zero-order valence-corrected chi connectivity index (χ0v) is 11.9. The molecule has 0 bridgehead atoms. The second-order valence-electron chi connectivity index (χ2n) is 4.63. The molecule has 0 aliphatic rings. The standard InChI is InChI=1S/C14H11F2N5O2/c1-23-14-7-4-6(5-18-12(7)20-21-14)19-13(22)10-8(15)2-3-9(17)11(10)16/h2-5H,17H2,1H3,(H,19,22)(H,18,20,21). The largest absolute Gasteiger partial charge is 0.479 e. The quantitative estimate of drug-likeness (QED) is 0.641. The Kier molecular flexibility index (Phi) is 3.53. The normalized spacial score (nSPS) is 10.7. The Labute approximate surface area is 128 Å². The molecule has 7 nitrogen and oxygen atoms in total. The van der Waals surface area contributed by atoms with E-state index in [1.165, 1.54) is 19.4 Å². The lowest BCUT2D eigenvalue weighted by Gasteiger charge is -2.08. The Balaban J connectivity index is 1.96. The molecule has 9 heteroatoms. The Morgan fingerprint density at radius 3 is 2.91 bits per heavy atom. The van der Waals surface area contributed by atoms with Crippen LogP contribution in [0, 0.1) is 11.6 Å². The molecule has 3 aromatic rings. The van der Waals surface area contributed by atoms with Gasteiger partial charge in [0.05, 0.1) is 30.1 Å². The van der Waals surface area contributed by atoms with Gasteiger partial charge in [-0.3, -0.25) is 9.89 Å². The molecule has 0 saturated carbocycles. The summed E-state index contributed by atoms with van der Waals surface area (Å²) in [5.41, 5.74) is 4.95. The topological polar surface area (TPSA) is 106 Å². The van der Waals surface area contributed by atoms with Crippen molar-refractivity contribution in [2.75, 3.05) is 18.2 Å². The van der Waals surface area contributed by atoms with Crippen LogP contribution in [0.2, 0.25) is 0 Å². The molecule has 1 amide bonds. The van der Waals surface area contributed by atoms with Crippen LogP contribution in [0.4, 0.5) is 20.2 Å². The van der Waals surface area contributed by atoms with Crippen molar-refractivity contribution in [2.45, 2.75) is 0 Å². The number of benzene rings is 1. The minimum atomic E-state index is -1.11. The van der Waals surface area contributed by atoms with Gasteiger partial charge in [-0.25, -0.2) is 13.8 Å². The SMILES string of the molecule is COc1n[nH]c2ncc(NC(=O)c3c(F)ccc(N)c3F)cc12. The van der Waals surface area contributed by atoms with E-state index in [2.05, 4.69) is 20.5 Å². The summed E-state index contributed by atoms with van der Waals surface area (Å²) in [6.45, 7) is 0. The number of nitrogen functional groups attached to an aromatic ring is 1. The molecule has 1 aromatic carbocycles. The number of methoxy groups -OCH3 is 1. The minimum absolute atomic E-state index is 0.225. The van der Waals surface area contributed by atoms with Crippen LogP contribution in [0.15, 0.2) is 24.4 Å². The molecule has 23 heavy (non-hydrogen) atoms. The maximum Gasteiger partial charge on any atom is 0.261 e. The summed E-state index contributed by atoms with van der Waals surface area (Å²) in [5, 5.41) is 9.39. The molecule has 3 rings (SSSR count). The third kappa shape index (κ3) is 2.52. The summed E-state index contributed by atoms with van der Waals surface area (Å²) in [6.07, 6.45) is 1.32. The third-order valence-electron chi connectivity index (χ3n) is 3.18. The monoisotopic (exact) mass is 319 g/mol. The Morgan fingerprint density at radius 1 is 1.39 bits per heavy atom. The summed E-state index contributed by atoms with van der Waals surface area (Å²) in [4.78, 5) is 16.1. The number of nitrogens with zero attached hydrogens (tertiary/aromatic N) is 2. The zero-order chi connectivity index (χ0) is 16.6. The van der Waals surface area contributed by atoms with Gasteiger partial charge >= 0.3 is 0 Å². The number of aromatic amines is 1. The first-order chi connectivity index (χ1) is 11.0. The van der Waals surface area contributed by atoms with E-state index in [4.69, 9.17) is 10.5 Å². The number of aromatic nitrogens is 3. The molecule has 2 aromatic heterocycles. The molecule has 4 N–H and O–H groups in total. The first kappa shape index (κ1) is 14.7. The maximum absolute atomic E-state index is 13.9. The van der Waals surface area contributed by atoms with E-state index in [1.54, 1.807) is 0 Å². The second kappa shape index (κ2) is 5.52. The lowest BCUT2D eigenvalue weighted by atomic mass is 10.1. The van der Waals surface area contributed by atoms with Gasteiger partial charge in [-0.05, 0) is 18.2 Å². The third-order valence-corrected chi connectivity index (χ3v) is 3.18. The predicted octanol–water partition coefficient (Wildman–Crippen LogP) is 2.08. The van der Waals surface area contributed by atoms with Crippen LogP contribution >= 0.6 is 0 Å². The summed E-state index contributed by atoms with van der Waals surface area (Å²) in [6, 6.07) is 3.49. The van der Waals surface area contributed by atoms with Crippen LogP contribution in [-0.2, 0) is 0 Å². The van der Waals surface area contributed by atoms with Gasteiger partial charge in [0.2, 0.25) is 5.88 Å². The number of nitrogens with one attached hydrogen (secondary N) is 2. The Morgan fingerprint density at radius 2 is 2.17 bits per heavy atom. The molecule has 0 saturated heterocycles. The number of amides is 1. The summed E-state index contributed by atoms with van der Waals surface area (Å²) in [5.74, 6) is -2.82. The predicted molar refractivity (Wildman–Crippen MR) is 79.2 cm³/mol. The highest BCUT2D eigenvalue weighted by atomic mass is 19.1. The van der Waals surface area contributed by atoms with Gasteiger partial charge in [-0.1, -0.05) is 0 Å². The lowest BCUT2D eigenvalue weighted by Crippen LogP contribution is -2.17. The van der Waals surface area contributed by atoms with E-state index in [9.17, 15) is 13.6 Å². The number of rotatable bonds is 3. The van der Waals surface area contributed by atoms with Gasteiger partial charge in [-0.15, -0.1) is 5.10 Å². The Hall–Kier alpha value is -3.23. The number of carbonyl (C=O) groups is 1. The fourth-order valence-electron chi connectivity index (χ4n) is 2.08. The van der Waals surface area contributed by atoms with Crippen molar-refractivity contribution in [3.8, 4) is 5.88 Å². The van der Waals surface area contributed by atoms with Crippen molar-refractivity contribution in [2.24, 2.45) is 0 Å². The van der Waals surface area contributed by atoms with Crippen molar-refractivity contribution in [3.05, 3.63) is 41.6 Å². The number of fused-ring (bicyclic) bond motifs is 1. The number of anilines is 2. The zero-order valence-electron chi connectivity index (χ0n) is 11.9. The van der Waals surface area contributed by atoms with E-state index >= 15 is 0 Å². The average Bonchev–Trinajstić information content (AvgIpc) is 2.93. The number of carbonyl (C=O) groups excluding carboxylic acids is 1. The first-order valence-corrected chi connectivity index (χ1v) is 6.44. The van der Waals surface area contributed by atoms with Crippen molar-refractivity contribution in [1.82, 2.24) is 15.2 Å². The van der Waals surface area contributed by atoms with Gasteiger partial charge < -0.3 is 15.8 Å². The lowest BCUT2D eigenvalue weighted by molar-refractivity contribution is 0.101. The number of H-pyrrole nitrogens is 1. The molecule has 2 heterocycles. The van der Waals surface area contributed by atoms with Gasteiger partial charge in [-0.2, -0.15) is 0 Å². The molecule has 0 aliphatic heterocycles. The molecule has 0 unspecified atom stereocenters. The van der Waals surface area contributed by atoms with Crippen LogP contribution in [0.3, 0.4) is 0 Å². The van der Waals surface area contributed by atoms with Crippen molar-refractivity contribution >= 4 is 28.3 Å². The smallest absolute Gasteiger partial charge is 0.261 e. The number of ether oxygens (including phenoxy) is 1. The van der Waals surface area contributed by atoms with Crippen LogP contribution in [0.5, 0.6) is 5.88 Å². The van der Waals surface area contributed by atoms with Crippen molar-refractivity contribution < 1.29 is 18.3 Å². The van der Waals surface area contributed by atoms with E-state index in [-0.39, 0.29) is 17.3 Å². The molecule has 0 atom stereocenters. The van der Waals surface area contributed by atoms with E-state index in [1.807, 2.05) is 0 Å². The van der Waals surface area contributed by atoms with Gasteiger partial charge in [0.25, 0.3) is 5.91 Å². The van der Waals surface area contributed by atoms with Crippen molar-refractivity contribution in [3.63, 3.8) is 0 Å². The number of halogens is 2. The molecular weight excluding hydrogens is 308 g/mol. The molecule has 0 radical (unpaired) electrons. The van der Waals surface area contributed by atoms with Crippen LogP contribution in [0.1, 0.15) is 10.4 Å². The number of nitrogens with two attached hydrogens (primary N) is 1. The molecule has 0 spiro atoms. The number of pyridine rings is 1. The van der Waals surface area contributed by atoms with Gasteiger partial charge in [0.15, 0.2) is 11.5 Å². The molecule has 0 aliphatic carbocycles. The highest BCUT2D eigenvalue weighted by Crippen LogP contribution is 2.25. The summed E-state index contributed by atoms with van der Waals surface area (Å²) in [7, 11) is 1.43. The van der Waals surface area contributed by atoms with Crippen molar-refractivity contribution in [1.29, 1.82) is 0 Å². The minimum Gasteiger partial charge on any atom is -0.479 e. The number of hydrogen-bond donors (Lipinski definition) is 3. The second-order valence-corrected chi connectivity index (χ2v) is 4.63. The summed E-state index contributed by atoms with van der Waals surface area (Å²) < 4.78 is 32.6. The fraction of sp³-hybridized carbons (Fsp3) is 0.0714. The molecule has 118 valence electrons. The first-order valence-electron chi connectivity index (χ1n) is 6.44. The Bertz CT molecular complexity index is 910. The molecular formula is C14H11F2N5O2. The van der Waals surface area contributed by atoms with Crippen LogP contribution in [0.25, 0.3) is 11.0 Å².